The van der Waals surface area contributed by atoms with E-state index in [0.717, 1.165) is 5.76 Å². The maximum Gasteiger partial charge on any atom is 0.132 e. The van der Waals surface area contributed by atoms with Crippen molar-refractivity contribution in [3.05, 3.63) is 36.8 Å². The van der Waals surface area contributed by atoms with Crippen LogP contribution in [0, 0.1) is 12.3 Å². The molecule has 0 aliphatic rings. The predicted octanol–water partition coefficient (Wildman–Crippen LogP) is 2.55. The topological polar surface area (TPSA) is 22.4 Å². The van der Waals surface area contributed by atoms with Gasteiger partial charge in [0.1, 0.15) is 18.5 Å². The Morgan fingerprint density at radius 1 is 1.77 bits per heavy atom. The summed E-state index contributed by atoms with van der Waals surface area (Å²) < 4.78 is 10.6. The molecular formula is C11H12O2. The molecule has 0 spiro atoms. The van der Waals surface area contributed by atoms with E-state index in [2.05, 4.69) is 12.5 Å². The van der Waals surface area contributed by atoms with Crippen molar-refractivity contribution in [1.29, 1.82) is 0 Å². The first-order valence-electron chi connectivity index (χ1n) is 4.08. The lowest BCUT2D eigenvalue weighted by atomic mass is 10.2. The van der Waals surface area contributed by atoms with Gasteiger partial charge >= 0.3 is 0 Å². The van der Waals surface area contributed by atoms with Crippen molar-refractivity contribution in [2.24, 2.45) is 0 Å². The van der Waals surface area contributed by atoms with Gasteiger partial charge in [-0.1, -0.05) is 12.0 Å². The van der Waals surface area contributed by atoms with Crippen molar-refractivity contribution in [1.82, 2.24) is 0 Å². The van der Waals surface area contributed by atoms with E-state index in [0.29, 0.717) is 13.0 Å². The highest BCUT2D eigenvalue weighted by Gasteiger charge is 2.11. The minimum Gasteiger partial charge on any atom is -0.467 e. The molecular weight excluding hydrogens is 164 g/mol. The van der Waals surface area contributed by atoms with E-state index in [9.17, 15) is 0 Å². The van der Waals surface area contributed by atoms with E-state index >= 15 is 0 Å². The van der Waals surface area contributed by atoms with Gasteiger partial charge < -0.3 is 9.15 Å². The molecule has 1 aromatic heterocycles. The maximum absolute atomic E-state index is 5.37. The van der Waals surface area contributed by atoms with Gasteiger partial charge in [-0.2, -0.15) is 0 Å². The Kier molecular flexibility index (Phi) is 3.87. The Morgan fingerprint density at radius 3 is 3.15 bits per heavy atom. The normalized spacial score (nSPS) is 11.9. The Labute approximate surface area is 78.2 Å². The Balaban J connectivity index is 2.58. The summed E-state index contributed by atoms with van der Waals surface area (Å²) >= 11 is 0. The maximum atomic E-state index is 5.37. The molecule has 0 N–H and O–H groups in total. The van der Waals surface area contributed by atoms with Crippen molar-refractivity contribution in [2.45, 2.75) is 12.5 Å². The molecule has 1 rings (SSSR count). The summed E-state index contributed by atoms with van der Waals surface area (Å²) in [4.78, 5) is 0. The van der Waals surface area contributed by atoms with Crippen LogP contribution in [0.1, 0.15) is 18.3 Å². The average Bonchev–Trinajstić information content (AvgIpc) is 2.65. The quantitative estimate of drug-likeness (QED) is 0.508. The first-order valence-corrected chi connectivity index (χ1v) is 4.08. The zero-order valence-corrected chi connectivity index (χ0v) is 7.40. The van der Waals surface area contributed by atoms with Crippen molar-refractivity contribution in [3.8, 4) is 12.3 Å². The summed E-state index contributed by atoms with van der Waals surface area (Å²) in [5.74, 6) is 3.21. The standard InChI is InChI=1S/C11H12O2/c1-3-6-10(12-8-4-2)11-7-5-9-13-11/h2-3,5,7,9-10H,1,6,8H2/t10-/m0/s1. The largest absolute Gasteiger partial charge is 0.467 e. The summed E-state index contributed by atoms with van der Waals surface area (Å²) in [5, 5.41) is 0. The molecule has 0 fully saturated rings. The first-order chi connectivity index (χ1) is 6.38. The van der Waals surface area contributed by atoms with Gasteiger partial charge in [-0.3, -0.25) is 0 Å². The number of terminal acetylenes is 1. The van der Waals surface area contributed by atoms with E-state index in [1.165, 1.54) is 0 Å². The van der Waals surface area contributed by atoms with Crippen LogP contribution < -0.4 is 0 Å². The summed E-state index contributed by atoms with van der Waals surface area (Å²) in [6.07, 6.45) is 9.09. The van der Waals surface area contributed by atoms with Crippen LogP contribution in [0.3, 0.4) is 0 Å². The van der Waals surface area contributed by atoms with Crippen LogP contribution in [0.25, 0.3) is 0 Å². The molecule has 1 heterocycles. The third-order valence-corrected chi connectivity index (χ3v) is 1.61. The van der Waals surface area contributed by atoms with Crippen LogP contribution in [0.4, 0.5) is 0 Å². The van der Waals surface area contributed by atoms with Gasteiger partial charge in [-0.15, -0.1) is 13.0 Å². The molecule has 68 valence electrons. The second kappa shape index (κ2) is 5.23. The third kappa shape index (κ3) is 2.81. The molecule has 0 unspecified atom stereocenters. The number of ether oxygens (including phenoxy) is 1. The summed E-state index contributed by atoms with van der Waals surface area (Å²) in [6.45, 7) is 3.94. The van der Waals surface area contributed by atoms with Crippen molar-refractivity contribution in [2.75, 3.05) is 6.61 Å². The second-order valence-corrected chi connectivity index (χ2v) is 2.54. The zero-order valence-electron chi connectivity index (χ0n) is 7.40. The summed E-state index contributed by atoms with van der Waals surface area (Å²) in [7, 11) is 0. The number of rotatable bonds is 5. The fourth-order valence-electron chi connectivity index (χ4n) is 1.04. The lowest BCUT2D eigenvalue weighted by Gasteiger charge is -2.11. The fraction of sp³-hybridized carbons (Fsp3) is 0.273. The Morgan fingerprint density at radius 2 is 2.62 bits per heavy atom. The zero-order chi connectivity index (χ0) is 9.52. The van der Waals surface area contributed by atoms with Gasteiger partial charge in [-0.05, 0) is 18.6 Å². The summed E-state index contributed by atoms with van der Waals surface area (Å²) in [6, 6.07) is 3.69. The van der Waals surface area contributed by atoms with Gasteiger partial charge in [0.05, 0.1) is 6.26 Å². The number of hydrogen-bond acceptors (Lipinski definition) is 2. The van der Waals surface area contributed by atoms with Crippen LogP contribution in [-0.2, 0) is 4.74 Å². The molecule has 0 amide bonds. The minimum atomic E-state index is -0.108. The molecule has 2 heteroatoms. The van der Waals surface area contributed by atoms with Crippen LogP contribution in [-0.4, -0.2) is 6.61 Å². The number of hydrogen-bond donors (Lipinski definition) is 0. The molecule has 0 radical (unpaired) electrons. The molecule has 0 saturated heterocycles. The second-order valence-electron chi connectivity index (χ2n) is 2.54. The molecule has 2 nitrogen and oxygen atoms in total. The molecule has 0 aliphatic carbocycles. The highest BCUT2D eigenvalue weighted by Crippen LogP contribution is 2.21. The third-order valence-electron chi connectivity index (χ3n) is 1.61. The molecule has 1 atom stereocenters. The van der Waals surface area contributed by atoms with Crippen LogP contribution >= 0.6 is 0 Å². The van der Waals surface area contributed by atoms with Crippen molar-refractivity contribution in [3.63, 3.8) is 0 Å². The van der Waals surface area contributed by atoms with E-state index < -0.39 is 0 Å². The van der Waals surface area contributed by atoms with Crippen molar-refractivity contribution >= 4 is 0 Å². The molecule has 0 bridgehead atoms. The van der Waals surface area contributed by atoms with E-state index in [1.54, 1.807) is 12.3 Å². The van der Waals surface area contributed by atoms with E-state index in [1.807, 2.05) is 12.1 Å². The summed E-state index contributed by atoms with van der Waals surface area (Å²) in [5.41, 5.74) is 0. The van der Waals surface area contributed by atoms with Gasteiger partial charge in [0.25, 0.3) is 0 Å². The fourth-order valence-corrected chi connectivity index (χ4v) is 1.04. The van der Waals surface area contributed by atoms with Gasteiger partial charge in [0.15, 0.2) is 0 Å². The Hall–Kier alpha value is -1.46. The van der Waals surface area contributed by atoms with Crippen LogP contribution in [0.5, 0.6) is 0 Å². The van der Waals surface area contributed by atoms with Crippen LogP contribution in [0.2, 0.25) is 0 Å². The molecule has 13 heavy (non-hydrogen) atoms. The molecule has 0 aliphatic heterocycles. The SMILES string of the molecule is C#CCO[C@@H](CC=C)c1ccco1. The van der Waals surface area contributed by atoms with Gasteiger partial charge in [0.2, 0.25) is 0 Å². The highest BCUT2D eigenvalue weighted by atomic mass is 16.5. The molecule has 0 saturated carbocycles. The van der Waals surface area contributed by atoms with Crippen LogP contribution in [0.15, 0.2) is 35.5 Å². The minimum absolute atomic E-state index is 0.108. The highest BCUT2D eigenvalue weighted by molar-refractivity contribution is 5.04. The lowest BCUT2D eigenvalue weighted by Crippen LogP contribution is -2.02. The van der Waals surface area contributed by atoms with Gasteiger partial charge in [0, 0.05) is 0 Å². The number of furan rings is 1. The Bertz CT molecular complexity index is 280. The predicted molar refractivity (Wildman–Crippen MR) is 51.0 cm³/mol. The van der Waals surface area contributed by atoms with Crippen molar-refractivity contribution < 1.29 is 9.15 Å². The van der Waals surface area contributed by atoms with E-state index in [4.69, 9.17) is 15.6 Å². The molecule has 0 aromatic carbocycles. The monoisotopic (exact) mass is 176 g/mol. The smallest absolute Gasteiger partial charge is 0.132 e. The lowest BCUT2D eigenvalue weighted by molar-refractivity contribution is 0.0632. The average molecular weight is 176 g/mol. The van der Waals surface area contributed by atoms with E-state index in [-0.39, 0.29) is 6.10 Å². The molecule has 1 aromatic rings. The first kappa shape index (κ1) is 9.63. The van der Waals surface area contributed by atoms with Gasteiger partial charge in [-0.25, -0.2) is 0 Å².